The molecule has 1 aliphatic heterocycles. The van der Waals surface area contributed by atoms with Crippen molar-refractivity contribution in [1.29, 1.82) is 5.26 Å². The van der Waals surface area contributed by atoms with E-state index in [4.69, 9.17) is 9.26 Å². The summed E-state index contributed by atoms with van der Waals surface area (Å²) in [5.74, 6) is -2.20. The van der Waals surface area contributed by atoms with Crippen LogP contribution in [0.4, 0.5) is 9.18 Å². The second-order valence-corrected chi connectivity index (χ2v) is 9.90. The summed E-state index contributed by atoms with van der Waals surface area (Å²) in [6, 6.07) is 6.48. The minimum atomic E-state index is -1.42. The number of nitrogens with zero attached hydrogens (tertiary/aromatic N) is 2. The first-order valence-electron chi connectivity index (χ1n) is 13.6. The highest BCUT2D eigenvalue weighted by molar-refractivity contribution is 5.96. The van der Waals surface area contributed by atoms with Crippen LogP contribution in [-0.4, -0.2) is 60.2 Å². The maximum Gasteiger partial charge on any atom is 0.408 e. The van der Waals surface area contributed by atoms with Gasteiger partial charge in [-0.05, 0) is 50.3 Å². The van der Waals surface area contributed by atoms with Crippen molar-refractivity contribution in [2.24, 2.45) is 5.92 Å². The Kier molecular flexibility index (Phi) is 11.6. The van der Waals surface area contributed by atoms with E-state index < -0.39 is 47.8 Å². The van der Waals surface area contributed by atoms with Crippen LogP contribution < -0.4 is 21.3 Å². The molecule has 1 saturated heterocycles. The molecule has 13 heteroatoms. The van der Waals surface area contributed by atoms with Gasteiger partial charge in [0.05, 0.1) is 6.04 Å². The van der Waals surface area contributed by atoms with Crippen LogP contribution in [0.25, 0.3) is 0 Å². The maximum absolute atomic E-state index is 13.6. The molecule has 3 rings (SSSR count). The van der Waals surface area contributed by atoms with E-state index in [1.165, 1.54) is 30.3 Å². The number of halogens is 1. The number of nitriles is 1. The molecule has 0 aliphatic carbocycles. The molecule has 0 bridgehead atoms. The summed E-state index contributed by atoms with van der Waals surface area (Å²) in [6.07, 6.45) is 0.550. The molecule has 1 aliphatic rings. The molecule has 4 atom stereocenters. The molecule has 1 aromatic carbocycles. The van der Waals surface area contributed by atoms with Gasteiger partial charge in [0.15, 0.2) is 5.69 Å². The topological polar surface area (TPSA) is 175 Å². The number of amides is 4. The lowest BCUT2D eigenvalue weighted by atomic mass is 9.89. The summed E-state index contributed by atoms with van der Waals surface area (Å²) in [4.78, 5) is 51.4. The Bertz CT molecular complexity index is 1240. The molecule has 1 aromatic heterocycles. The maximum atomic E-state index is 13.6. The second-order valence-electron chi connectivity index (χ2n) is 9.90. The highest BCUT2D eigenvalue weighted by Crippen LogP contribution is 2.20. The fourth-order valence-corrected chi connectivity index (χ4v) is 4.40. The minimum Gasteiger partial charge on any atom is -0.429 e. The molecule has 0 saturated carbocycles. The standard InChI is InChI=1S/C28H35FN6O6/c1-3-4-11-32-28(39)40-24(16-30)21(15-19-6-5-12-31-25(19)36)33-26(37)22(14-18-7-9-20(29)10-8-18)34-27(38)23-13-17(2)41-35-23/h7-10,13,19,21-22,24H,3-6,11-12,14-15H2,1-2H3,(H,31,36)(H,32,39)(H,33,37)(H,34,38)/t19-,21-,22-,24+/m0/s1. The fraction of sp³-hybridized carbons (Fsp3) is 0.500. The molecule has 0 radical (unpaired) electrons. The van der Waals surface area contributed by atoms with Gasteiger partial charge >= 0.3 is 6.09 Å². The lowest BCUT2D eigenvalue weighted by molar-refractivity contribution is -0.129. The lowest BCUT2D eigenvalue weighted by Crippen LogP contribution is -2.55. The number of aryl methyl sites for hydroxylation is 1. The average Bonchev–Trinajstić information content (AvgIpc) is 3.39. The molecule has 0 spiro atoms. The average molecular weight is 571 g/mol. The Hall–Kier alpha value is -4.47. The number of rotatable bonds is 13. The number of benzene rings is 1. The van der Waals surface area contributed by atoms with Crippen molar-refractivity contribution in [2.75, 3.05) is 13.1 Å². The summed E-state index contributed by atoms with van der Waals surface area (Å²) in [6.45, 7) is 4.44. The van der Waals surface area contributed by atoms with Crippen LogP contribution >= 0.6 is 0 Å². The minimum absolute atomic E-state index is 0.0255. The van der Waals surface area contributed by atoms with Crippen molar-refractivity contribution in [1.82, 2.24) is 26.4 Å². The third-order valence-electron chi connectivity index (χ3n) is 6.63. The molecule has 12 nitrogen and oxygen atoms in total. The largest absolute Gasteiger partial charge is 0.429 e. The van der Waals surface area contributed by atoms with Gasteiger partial charge in [-0.3, -0.25) is 14.4 Å². The summed E-state index contributed by atoms with van der Waals surface area (Å²) in [5.41, 5.74) is 0.506. The van der Waals surface area contributed by atoms with Crippen molar-refractivity contribution in [2.45, 2.75) is 70.6 Å². The number of ether oxygens (including phenoxy) is 1. The van der Waals surface area contributed by atoms with E-state index in [1.54, 1.807) is 6.92 Å². The van der Waals surface area contributed by atoms with Gasteiger partial charge in [0.25, 0.3) is 5.91 Å². The molecule has 0 unspecified atom stereocenters. The highest BCUT2D eigenvalue weighted by Gasteiger charge is 2.35. The number of alkyl carbamates (subject to hydrolysis) is 1. The number of hydrogen-bond acceptors (Lipinski definition) is 8. The van der Waals surface area contributed by atoms with E-state index in [1.807, 2.05) is 13.0 Å². The van der Waals surface area contributed by atoms with Crippen LogP contribution in [0.5, 0.6) is 0 Å². The first-order valence-corrected chi connectivity index (χ1v) is 13.6. The third kappa shape index (κ3) is 9.59. The SMILES string of the molecule is CCCCNC(=O)O[C@H](C#N)[C@H](C[C@@H]1CCCNC1=O)NC(=O)[C@H](Cc1ccc(F)cc1)NC(=O)c1cc(C)on1. The van der Waals surface area contributed by atoms with E-state index >= 15 is 0 Å². The van der Waals surface area contributed by atoms with Gasteiger partial charge in [0.1, 0.15) is 23.7 Å². The number of hydrogen-bond donors (Lipinski definition) is 4. The van der Waals surface area contributed by atoms with E-state index in [2.05, 4.69) is 26.4 Å². The van der Waals surface area contributed by atoms with Crippen LogP contribution in [-0.2, 0) is 20.7 Å². The van der Waals surface area contributed by atoms with Gasteiger partial charge in [-0.25, -0.2) is 9.18 Å². The Morgan fingerprint density at radius 1 is 1.27 bits per heavy atom. The monoisotopic (exact) mass is 570 g/mol. The molecule has 1 fully saturated rings. The lowest BCUT2D eigenvalue weighted by Gasteiger charge is -2.30. The molecular weight excluding hydrogens is 535 g/mol. The Morgan fingerprint density at radius 2 is 2.02 bits per heavy atom. The van der Waals surface area contributed by atoms with Crippen LogP contribution in [0, 0.1) is 30.0 Å². The van der Waals surface area contributed by atoms with Crippen molar-refractivity contribution in [3.05, 3.63) is 53.2 Å². The van der Waals surface area contributed by atoms with Gasteiger partial charge in [0, 0.05) is 31.5 Å². The zero-order chi connectivity index (χ0) is 29.8. The van der Waals surface area contributed by atoms with Gasteiger partial charge in [-0.2, -0.15) is 5.26 Å². The molecule has 2 aromatic rings. The smallest absolute Gasteiger partial charge is 0.408 e. The van der Waals surface area contributed by atoms with E-state index in [9.17, 15) is 28.8 Å². The Morgan fingerprint density at radius 3 is 2.66 bits per heavy atom. The number of carbonyl (C=O) groups excluding carboxylic acids is 4. The van der Waals surface area contributed by atoms with Crippen LogP contribution in [0.3, 0.4) is 0 Å². The molecular formula is C28H35FN6O6. The first-order chi connectivity index (χ1) is 19.7. The van der Waals surface area contributed by atoms with Crippen LogP contribution in [0.15, 0.2) is 34.9 Å². The summed E-state index contributed by atoms with van der Waals surface area (Å²) >= 11 is 0. The van der Waals surface area contributed by atoms with E-state index in [-0.39, 0.29) is 24.4 Å². The number of aromatic nitrogens is 1. The van der Waals surface area contributed by atoms with Crippen molar-refractivity contribution in [3.63, 3.8) is 0 Å². The number of carbonyl (C=O) groups is 4. The normalized spacial score (nSPS) is 16.8. The van der Waals surface area contributed by atoms with Crippen molar-refractivity contribution >= 4 is 23.8 Å². The number of piperidine rings is 1. The quantitative estimate of drug-likeness (QED) is 0.265. The fourth-order valence-electron chi connectivity index (χ4n) is 4.40. The molecule has 2 heterocycles. The predicted molar refractivity (Wildman–Crippen MR) is 144 cm³/mol. The number of nitrogens with one attached hydrogen (secondary N) is 4. The van der Waals surface area contributed by atoms with E-state index in [0.29, 0.717) is 43.7 Å². The highest BCUT2D eigenvalue weighted by atomic mass is 19.1. The first kappa shape index (κ1) is 31.1. The summed E-state index contributed by atoms with van der Waals surface area (Å²) in [7, 11) is 0. The van der Waals surface area contributed by atoms with Gasteiger partial charge < -0.3 is 30.5 Å². The molecule has 4 N–H and O–H groups in total. The van der Waals surface area contributed by atoms with E-state index in [0.717, 1.165) is 6.42 Å². The molecule has 41 heavy (non-hydrogen) atoms. The van der Waals surface area contributed by atoms with Gasteiger partial charge in [0.2, 0.25) is 17.9 Å². The number of unbranched alkanes of at least 4 members (excludes halogenated alkanes) is 1. The zero-order valence-electron chi connectivity index (χ0n) is 23.1. The third-order valence-corrected chi connectivity index (χ3v) is 6.63. The van der Waals surface area contributed by atoms with Gasteiger partial charge in [-0.15, -0.1) is 0 Å². The molecule has 4 amide bonds. The van der Waals surface area contributed by atoms with Crippen molar-refractivity contribution < 1.29 is 32.8 Å². The Labute approximate surface area is 237 Å². The van der Waals surface area contributed by atoms with Crippen LogP contribution in [0.1, 0.15) is 60.8 Å². The second kappa shape index (κ2) is 15.4. The summed E-state index contributed by atoms with van der Waals surface area (Å²) < 4.78 is 23.8. The molecule has 220 valence electrons. The van der Waals surface area contributed by atoms with Crippen LogP contribution in [0.2, 0.25) is 0 Å². The Balaban J connectivity index is 1.83. The van der Waals surface area contributed by atoms with Crippen molar-refractivity contribution in [3.8, 4) is 6.07 Å². The predicted octanol–water partition coefficient (Wildman–Crippen LogP) is 2.28. The zero-order valence-corrected chi connectivity index (χ0v) is 23.1. The van der Waals surface area contributed by atoms with Gasteiger partial charge in [-0.1, -0.05) is 30.6 Å². The summed E-state index contributed by atoms with van der Waals surface area (Å²) in [5, 5.41) is 24.2.